The molecule has 6 heteroatoms. The second kappa shape index (κ2) is 5.08. The molecule has 2 N–H and O–H groups in total. The molecule has 122 valence electrons. The van der Waals surface area contributed by atoms with Gasteiger partial charge < -0.3 is 10.2 Å². The molecule has 4 amide bonds. The summed E-state index contributed by atoms with van der Waals surface area (Å²) in [7, 11) is 0. The first-order valence-electron chi connectivity index (χ1n) is 7.75. The molecule has 2 aliphatic heterocycles. The molecule has 2 aliphatic rings. The number of aryl methyl sites for hydroxylation is 1. The molecule has 3 rings (SSSR count). The normalized spacial score (nSPS) is 24.0. The van der Waals surface area contributed by atoms with Crippen LogP contribution >= 0.6 is 0 Å². The highest BCUT2D eigenvalue weighted by atomic mass is 16.2. The van der Waals surface area contributed by atoms with Crippen LogP contribution in [0.2, 0.25) is 0 Å². The zero-order valence-corrected chi connectivity index (χ0v) is 13.6. The topological polar surface area (TPSA) is 78.5 Å². The van der Waals surface area contributed by atoms with E-state index in [1.54, 1.807) is 4.90 Å². The third kappa shape index (κ3) is 2.38. The summed E-state index contributed by atoms with van der Waals surface area (Å²) >= 11 is 0. The molecular formula is C17H21N3O3. The lowest BCUT2D eigenvalue weighted by atomic mass is 9.81. The number of urea groups is 1. The molecule has 0 saturated carbocycles. The number of nitrogens with one attached hydrogen (secondary N) is 2. The highest BCUT2D eigenvalue weighted by Gasteiger charge is 2.53. The van der Waals surface area contributed by atoms with Gasteiger partial charge in [0, 0.05) is 6.54 Å². The maximum atomic E-state index is 13.0. The summed E-state index contributed by atoms with van der Waals surface area (Å²) in [5.41, 5.74) is 0.391. The van der Waals surface area contributed by atoms with E-state index in [1.807, 2.05) is 45.0 Å². The van der Waals surface area contributed by atoms with Crippen molar-refractivity contribution < 1.29 is 14.4 Å². The van der Waals surface area contributed by atoms with Crippen LogP contribution in [-0.4, -0.2) is 41.4 Å². The summed E-state index contributed by atoms with van der Waals surface area (Å²) in [5, 5.41) is 4.93. The van der Waals surface area contributed by atoms with Gasteiger partial charge >= 0.3 is 6.03 Å². The van der Waals surface area contributed by atoms with Crippen LogP contribution in [0.1, 0.15) is 31.4 Å². The Labute approximate surface area is 135 Å². The lowest BCUT2D eigenvalue weighted by Crippen LogP contribution is -2.51. The molecule has 6 nitrogen and oxygen atoms in total. The predicted molar refractivity (Wildman–Crippen MR) is 84.8 cm³/mol. The number of hydrogen-bond donors (Lipinski definition) is 2. The number of imide groups is 1. The molecule has 1 aromatic carbocycles. The number of benzene rings is 1. The molecule has 2 fully saturated rings. The van der Waals surface area contributed by atoms with Gasteiger partial charge in [-0.1, -0.05) is 24.3 Å². The highest BCUT2D eigenvalue weighted by molar-refractivity contribution is 6.07. The van der Waals surface area contributed by atoms with E-state index >= 15 is 0 Å². The average molecular weight is 315 g/mol. The number of rotatable bonds is 2. The van der Waals surface area contributed by atoms with Crippen molar-refractivity contribution in [3.8, 4) is 0 Å². The Hall–Kier alpha value is -2.37. The van der Waals surface area contributed by atoms with Gasteiger partial charge in [0.1, 0.15) is 5.54 Å². The van der Waals surface area contributed by atoms with Crippen LogP contribution in [0.3, 0.4) is 0 Å². The van der Waals surface area contributed by atoms with Crippen molar-refractivity contribution in [1.82, 2.24) is 15.5 Å². The van der Waals surface area contributed by atoms with E-state index in [9.17, 15) is 14.4 Å². The van der Waals surface area contributed by atoms with Crippen LogP contribution in [0.5, 0.6) is 0 Å². The first-order chi connectivity index (χ1) is 10.8. The molecule has 1 aromatic rings. The second-order valence-electron chi connectivity index (χ2n) is 6.91. The van der Waals surface area contributed by atoms with Gasteiger partial charge in [0.15, 0.2) is 0 Å². The Morgan fingerprint density at radius 3 is 2.57 bits per heavy atom. The third-order valence-electron chi connectivity index (χ3n) is 4.92. The minimum absolute atomic E-state index is 0.0300. The van der Waals surface area contributed by atoms with E-state index in [-0.39, 0.29) is 18.4 Å². The average Bonchev–Trinajstić information content (AvgIpc) is 3.03. The monoisotopic (exact) mass is 315 g/mol. The van der Waals surface area contributed by atoms with E-state index in [0.29, 0.717) is 13.0 Å². The number of nitrogens with zero attached hydrogens (tertiary/aromatic N) is 1. The maximum Gasteiger partial charge on any atom is 0.322 e. The van der Waals surface area contributed by atoms with Crippen LogP contribution in [0, 0.1) is 6.92 Å². The van der Waals surface area contributed by atoms with Crippen LogP contribution in [-0.2, 0) is 15.0 Å². The zero-order chi connectivity index (χ0) is 16.8. The molecule has 0 aromatic heterocycles. The fraction of sp³-hybridized carbons (Fsp3) is 0.471. The first-order valence-corrected chi connectivity index (χ1v) is 7.75. The fourth-order valence-electron chi connectivity index (χ4n) is 3.58. The van der Waals surface area contributed by atoms with Crippen molar-refractivity contribution in [3.05, 3.63) is 35.4 Å². The SMILES string of the molecule is Cc1ccccc1C(C)(C)C(=O)N1CC[C@@]2(C1)NC(=O)NC2=O. The van der Waals surface area contributed by atoms with Crippen molar-refractivity contribution in [2.24, 2.45) is 0 Å². The summed E-state index contributed by atoms with van der Waals surface area (Å²) < 4.78 is 0. The molecule has 0 radical (unpaired) electrons. The van der Waals surface area contributed by atoms with Crippen LogP contribution in [0.15, 0.2) is 24.3 Å². The number of amides is 4. The number of carbonyl (C=O) groups is 3. The minimum atomic E-state index is -0.964. The Morgan fingerprint density at radius 2 is 1.96 bits per heavy atom. The minimum Gasteiger partial charge on any atom is -0.339 e. The van der Waals surface area contributed by atoms with E-state index in [2.05, 4.69) is 10.6 Å². The van der Waals surface area contributed by atoms with Gasteiger partial charge in [-0.15, -0.1) is 0 Å². The van der Waals surface area contributed by atoms with Crippen molar-refractivity contribution in [3.63, 3.8) is 0 Å². The van der Waals surface area contributed by atoms with Gasteiger partial charge in [-0.25, -0.2) is 4.79 Å². The molecule has 23 heavy (non-hydrogen) atoms. The lowest BCUT2D eigenvalue weighted by molar-refractivity contribution is -0.135. The van der Waals surface area contributed by atoms with Gasteiger partial charge in [-0.2, -0.15) is 0 Å². The largest absolute Gasteiger partial charge is 0.339 e. The number of hydrogen-bond acceptors (Lipinski definition) is 3. The Kier molecular flexibility index (Phi) is 3.43. The van der Waals surface area contributed by atoms with Crippen LogP contribution in [0.4, 0.5) is 4.79 Å². The van der Waals surface area contributed by atoms with E-state index < -0.39 is 17.0 Å². The molecule has 2 saturated heterocycles. The van der Waals surface area contributed by atoms with Gasteiger partial charge in [0.25, 0.3) is 5.91 Å². The smallest absolute Gasteiger partial charge is 0.322 e. The van der Waals surface area contributed by atoms with Crippen LogP contribution in [0.25, 0.3) is 0 Å². The van der Waals surface area contributed by atoms with Crippen molar-refractivity contribution in [2.45, 2.75) is 38.1 Å². The van der Waals surface area contributed by atoms with E-state index in [0.717, 1.165) is 11.1 Å². The molecule has 0 bridgehead atoms. The van der Waals surface area contributed by atoms with Gasteiger partial charge in [0.05, 0.1) is 12.0 Å². The van der Waals surface area contributed by atoms with Crippen molar-refractivity contribution in [1.29, 1.82) is 0 Å². The van der Waals surface area contributed by atoms with E-state index in [4.69, 9.17) is 0 Å². The van der Waals surface area contributed by atoms with Crippen molar-refractivity contribution >= 4 is 17.8 Å². The quantitative estimate of drug-likeness (QED) is 0.802. The Bertz CT molecular complexity index is 698. The predicted octanol–water partition coefficient (Wildman–Crippen LogP) is 1.08. The van der Waals surface area contributed by atoms with Gasteiger partial charge in [-0.3, -0.25) is 14.9 Å². The second-order valence-corrected chi connectivity index (χ2v) is 6.91. The molecular weight excluding hydrogens is 294 g/mol. The fourth-order valence-corrected chi connectivity index (χ4v) is 3.58. The Balaban J connectivity index is 1.83. The number of likely N-dealkylation sites (tertiary alicyclic amines) is 1. The lowest BCUT2D eigenvalue weighted by Gasteiger charge is -2.31. The molecule has 1 atom stereocenters. The summed E-state index contributed by atoms with van der Waals surface area (Å²) in [4.78, 5) is 38.1. The third-order valence-corrected chi connectivity index (χ3v) is 4.92. The standard InChI is InChI=1S/C17H21N3O3/c1-11-6-4-5-7-12(11)16(2,3)14(22)20-9-8-17(10-20)13(21)18-15(23)19-17/h4-7H,8-10H2,1-3H3,(H2,18,19,21,23)/t17-/m0/s1. The van der Waals surface area contributed by atoms with Crippen LogP contribution < -0.4 is 10.6 Å². The summed E-state index contributed by atoms with van der Waals surface area (Å²) in [6.07, 6.45) is 0.445. The molecule has 0 unspecified atom stereocenters. The number of carbonyl (C=O) groups excluding carboxylic acids is 3. The summed E-state index contributed by atoms with van der Waals surface area (Å²) in [6.45, 7) is 6.47. The molecule has 1 spiro atoms. The van der Waals surface area contributed by atoms with Gasteiger partial charge in [0.2, 0.25) is 5.91 Å². The molecule has 2 heterocycles. The van der Waals surface area contributed by atoms with Gasteiger partial charge in [-0.05, 0) is 38.3 Å². The molecule has 0 aliphatic carbocycles. The maximum absolute atomic E-state index is 13.0. The highest BCUT2D eigenvalue weighted by Crippen LogP contribution is 2.32. The van der Waals surface area contributed by atoms with Crippen molar-refractivity contribution in [2.75, 3.05) is 13.1 Å². The first kappa shape index (κ1) is 15.5. The Morgan fingerprint density at radius 1 is 1.26 bits per heavy atom. The summed E-state index contributed by atoms with van der Waals surface area (Å²) in [5.74, 6) is -0.371. The summed E-state index contributed by atoms with van der Waals surface area (Å²) in [6, 6.07) is 7.34. The zero-order valence-electron chi connectivity index (χ0n) is 13.6. The van der Waals surface area contributed by atoms with E-state index in [1.165, 1.54) is 0 Å².